The van der Waals surface area contributed by atoms with Gasteiger partial charge in [-0.15, -0.1) is 0 Å². The second-order valence-corrected chi connectivity index (χ2v) is 2.71. The van der Waals surface area contributed by atoms with Crippen molar-refractivity contribution in [2.24, 2.45) is 0 Å². The molecule has 66 valence electrons. The SMILES string of the molecule is N#CC=Cc1ccc(N)c(F)c1Cl. The van der Waals surface area contributed by atoms with E-state index >= 15 is 0 Å². The van der Waals surface area contributed by atoms with E-state index in [1.807, 2.05) is 0 Å². The van der Waals surface area contributed by atoms with E-state index < -0.39 is 5.82 Å². The third kappa shape index (κ3) is 1.98. The van der Waals surface area contributed by atoms with E-state index in [4.69, 9.17) is 22.6 Å². The normalized spacial score (nSPS) is 10.2. The van der Waals surface area contributed by atoms with Crippen molar-refractivity contribution in [1.82, 2.24) is 0 Å². The Bertz CT molecular complexity index is 393. The van der Waals surface area contributed by atoms with Crippen LogP contribution in [-0.4, -0.2) is 0 Å². The second-order valence-electron chi connectivity index (χ2n) is 2.33. The summed E-state index contributed by atoms with van der Waals surface area (Å²) >= 11 is 5.62. The molecule has 0 aromatic heterocycles. The summed E-state index contributed by atoms with van der Waals surface area (Å²) in [7, 11) is 0. The predicted molar refractivity (Wildman–Crippen MR) is 50.5 cm³/mol. The first-order valence-electron chi connectivity index (χ1n) is 3.46. The fraction of sp³-hybridized carbons (Fsp3) is 0. The molecule has 1 aromatic carbocycles. The molecule has 1 rings (SSSR count). The van der Waals surface area contributed by atoms with E-state index in [9.17, 15) is 4.39 Å². The van der Waals surface area contributed by atoms with E-state index in [-0.39, 0.29) is 10.7 Å². The number of hydrogen-bond donors (Lipinski definition) is 1. The Balaban J connectivity index is 3.20. The van der Waals surface area contributed by atoms with Crippen molar-refractivity contribution in [3.8, 4) is 6.07 Å². The monoisotopic (exact) mass is 196 g/mol. The average molecular weight is 197 g/mol. The van der Waals surface area contributed by atoms with Crippen LogP contribution in [0.3, 0.4) is 0 Å². The van der Waals surface area contributed by atoms with Gasteiger partial charge < -0.3 is 5.73 Å². The molecule has 0 aliphatic rings. The quantitative estimate of drug-likeness (QED) is 0.555. The second kappa shape index (κ2) is 3.92. The maximum Gasteiger partial charge on any atom is 0.165 e. The van der Waals surface area contributed by atoms with Crippen molar-refractivity contribution in [3.05, 3.63) is 34.6 Å². The molecule has 0 radical (unpaired) electrons. The summed E-state index contributed by atoms with van der Waals surface area (Å²) in [4.78, 5) is 0. The molecule has 13 heavy (non-hydrogen) atoms. The zero-order valence-corrected chi connectivity index (χ0v) is 7.35. The third-order valence-corrected chi connectivity index (χ3v) is 1.86. The minimum absolute atomic E-state index is 0.000826. The first kappa shape index (κ1) is 9.56. The van der Waals surface area contributed by atoms with Gasteiger partial charge in [0.2, 0.25) is 0 Å². The van der Waals surface area contributed by atoms with Crippen LogP contribution < -0.4 is 5.73 Å². The average Bonchev–Trinajstić information content (AvgIpc) is 2.13. The molecule has 0 heterocycles. The number of allylic oxidation sites excluding steroid dienone is 1. The standard InChI is InChI=1S/C9H6ClFN2/c10-8-6(2-1-5-12)3-4-7(13)9(8)11/h1-4H,13H2. The largest absolute Gasteiger partial charge is 0.396 e. The summed E-state index contributed by atoms with van der Waals surface area (Å²) in [5, 5.41) is 8.18. The molecular weight excluding hydrogens is 191 g/mol. The lowest BCUT2D eigenvalue weighted by atomic mass is 10.2. The number of nitrogens with two attached hydrogens (primary N) is 1. The summed E-state index contributed by atoms with van der Waals surface area (Å²) in [5.74, 6) is -0.651. The van der Waals surface area contributed by atoms with E-state index in [2.05, 4.69) is 0 Å². The van der Waals surface area contributed by atoms with Crippen molar-refractivity contribution in [1.29, 1.82) is 5.26 Å². The molecule has 0 aliphatic carbocycles. The number of benzene rings is 1. The van der Waals surface area contributed by atoms with Crippen molar-refractivity contribution < 1.29 is 4.39 Å². The maximum absolute atomic E-state index is 13.0. The number of rotatable bonds is 1. The smallest absolute Gasteiger partial charge is 0.165 e. The predicted octanol–water partition coefficient (Wildman–Crippen LogP) is 2.60. The Labute approximate surface area is 80.0 Å². The molecular formula is C9H6ClFN2. The molecule has 0 saturated carbocycles. The first-order chi connectivity index (χ1) is 6.16. The van der Waals surface area contributed by atoms with Crippen LogP contribution in [0.5, 0.6) is 0 Å². The van der Waals surface area contributed by atoms with Gasteiger partial charge in [-0.05, 0) is 17.7 Å². The van der Waals surface area contributed by atoms with Crippen LogP contribution >= 0.6 is 11.6 Å². The third-order valence-electron chi connectivity index (χ3n) is 1.48. The molecule has 0 amide bonds. The number of anilines is 1. The molecule has 0 unspecified atom stereocenters. The highest BCUT2D eigenvalue weighted by Gasteiger charge is 2.06. The summed E-state index contributed by atoms with van der Waals surface area (Å²) in [5.41, 5.74) is 5.71. The lowest BCUT2D eigenvalue weighted by Crippen LogP contribution is -1.92. The number of nitrogens with zero attached hydrogens (tertiary/aromatic N) is 1. The Morgan fingerprint density at radius 3 is 2.85 bits per heavy atom. The van der Waals surface area contributed by atoms with Gasteiger partial charge in [-0.1, -0.05) is 17.7 Å². The summed E-state index contributed by atoms with van der Waals surface area (Å²) in [6.07, 6.45) is 2.64. The van der Waals surface area contributed by atoms with Crippen LogP contribution in [0.4, 0.5) is 10.1 Å². The van der Waals surface area contributed by atoms with Crippen LogP contribution in [0.15, 0.2) is 18.2 Å². The Kier molecular flexibility index (Phi) is 2.88. The van der Waals surface area contributed by atoms with Crippen molar-refractivity contribution in [3.63, 3.8) is 0 Å². The highest BCUT2D eigenvalue weighted by molar-refractivity contribution is 6.32. The molecule has 0 aliphatic heterocycles. The molecule has 1 aromatic rings. The zero-order valence-electron chi connectivity index (χ0n) is 6.59. The molecule has 2 N–H and O–H groups in total. The maximum atomic E-state index is 13.0. The van der Waals surface area contributed by atoms with E-state index in [0.717, 1.165) is 0 Å². The Morgan fingerprint density at radius 2 is 2.23 bits per heavy atom. The number of hydrogen-bond acceptors (Lipinski definition) is 2. The van der Waals surface area contributed by atoms with Crippen LogP contribution in [0, 0.1) is 17.1 Å². The molecule has 0 spiro atoms. The Morgan fingerprint density at radius 1 is 1.54 bits per heavy atom. The van der Waals surface area contributed by atoms with Crippen molar-refractivity contribution in [2.75, 3.05) is 5.73 Å². The minimum Gasteiger partial charge on any atom is -0.396 e. The minimum atomic E-state index is -0.651. The van der Waals surface area contributed by atoms with Gasteiger partial charge in [0.05, 0.1) is 16.8 Å². The number of halogens is 2. The van der Waals surface area contributed by atoms with E-state index in [1.165, 1.54) is 18.2 Å². The van der Waals surface area contributed by atoms with Crippen molar-refractivity contribution in [2.45, 2.75) is 0 Å². The molecule has 2 nitrogen and oxygen atoms in total. The van der Waals surface area contributed by atoms with Crippen LogP contribution in [0.1, 0.15) is 5.56 Å². The van der Waals surface area contributed by atoms with Crippen LogP contribution in [-0.2, 0) is 0 Å². The summed E-state index contributed by atoms with van der Waals surface area (Å²) < 4.78 is 13.0. The fourth-order valence-electron chi connectivity index (χ4n) is 0.835. The number of nitriles is 1. The molecule has 0 atom stereocenters. The van der Waals surface area contributed by atoms with Gasteiger partial charge in [-0.3, -0.25) is 0 Å². The number of nitrogen functional groups attached to an aromatic ring is 1. The van der Waals surface area contributed by atoms with Gasteiger partial charge in [-0.2, -0.15) is 5.26 Å². The lowest BCUT2D eigenvalue weighted by Gasteiger charge is -2.01. The van der Waals surface area contributed by atoms with Crippen LogP contribution in [0.2, 0.25) is 5.02 Å². The lowest BCUT2D eigenvalue weighted by molar-refractivity contribution is 0.632. The Hall–Kier alpha value is -1.53. The van der Waals surface area contributed by atoms with E-state index in [1.54, 1.807) is 12.1 Å². The van der Waals surface area contributed by atoms with Gasteiger partial charge in [0.15, 0.2) is 5.82 Å². The van der Waals surface area contributed by atoms with Crippen LogP contribution in [0.25, 0.3) is 6.08 Å². The molecule has 0 fully saturated rings. The first-order valence-corrected chi connectivity index (χ1v) is 3.84. The highest BCUT2D eigenvalue weighted by Crippen LogP contribution is 2.25. The van der Waals surface area contributed by atoms with E-state index in [0.29, 0.717) is 5.56 Å². The fourth-order valence-corrected chi connectivity index (χ4v) is 1.07. The van der Waals surface area contributed by atoms with Gasteiger partial charge in [-0.25, -0.2) is 4.39 Å². The molecule has 0 saturated heterocycles. The van der Waals surface area contributed by atoms with Crippen molar-refractivity contribution >= 4 is 23.4 Å². The summed E-state index contributed by atoms with van der Waals surface area (Å²) in [6.45, 7) is 0. The zero-order chi connectivity index (χ0) is 9.84. The molecule has 4 heteroatoms. The summed E-state index contributed by atoms with van der Waals surface area (Å²) in [6, 6.07) is 4.74. The van der Waals surface area contributed by atoms with Gasteiger partial charge >= 0.3 is 0 Å². The molecule has 0 bridgehead atoms. The van der Waals surface area contributed by atoms with Gasteiger partial charge in [0, 0.05) is 6.08 Å². The topological polar surface area (TPSA) is 49.8 Å². The highest BCUT2D eigenvalue weighted by atomic mass is 35.5. The van der Waals surface area contributed by atoms with Gasteiger partial charge in [0.25, 0.3) is 0 Å². The van der Waals surface area contributed by atoms with Gasteiger partial charge in [0.1, 0.15) is 0 Å².